The Balaban J connectivity index is 1.88. The van der Waals surface area contributed by atoms with Gasteiger partial charge in [0.15, 0.2) is 0 Å². The van der Waals surface area contributed by atoms with E-state index in [0.29, 0.717) is 24.5 Å². The maximum Gasteiger partial charge on any atom is 0.304 e. The molecule has 0 radical (unpaired) electrons. The van der Waals surface area contributed by atoms with Crippen LogP contribution >= 0.6 is 11.3 Å². The van der Waals surface area contributed by atoms with Gasteiger partial charge in [0.1, 0.15) is 10.8 Å². The Morgan fingerprint density at radius 2 is 2.09 bits per heavy atom. The van der Waals surface area contributed by atoms with Crippen molar-refractivity contribution >= 4 is 23.0 Å². The minimum atomic E-state index is -0.784. The predicted molar refractivity (Wildman–Crippen MR) is 133 cm³/mol. The Labute approximate surface area is 199 Å². The fraction of sp³-hybridized carbons (Fsp3) is 0.346. The van der Waals surface area contributed by atoms with Gasteiger partial charge < -0.3 is 14.7 Å². The van der Waals surface area contributed by atoms with Gasteiger partial charge >= 0.3 is 5.97 Å². The SMILES string of the molecule is [C-]#[N+]c1cc(-c2ncc(-c3cccc(CN(C)CCC(=O)O)c3CC)s2)ccc1OC(C)C. The van der Waals surface area contributed by atoms with E-state index in [1.54, 1.807) is 11.3 Å². The van der Waals surface area contributed by atoms with E-state index in [2.05, 4.69) is 28.9 Å². The summed E-state index contributed by atoms with van der Waals surface area (Å²) in [6.45, 7) is 14.7. The fourth-order valence-electron chi connectivity index (χ4n) is 3.71. The zero-order valence-corrected chi connectivity index (χ0v) is 20.3. The molecule has 0 amide bonds. The summed E-state index contributed by atoms with van der Waals surface area (Å²) < 4.78 is 5.74. The zero-order valence-electron chi connectivity index (χ0n) is 19.5. The average molecular weight is 464 g/mol. The number of carboxylic acid groups (broad SMARTS) is 1. The van der Waals surface area contributed by atoms with Crippen LogP contribution in [0.4, 0.5) is 5.69 Å². The third-order valence-electron chi connectivity index (χ3n) is 5.23. The summed E-state index contributed by atoms with van der Waals surface area (Å²) in [6, 6.07) is 11.9. The second kappa shape index (κ2) is 11.1. The predicted octanol–water partition coefficient (Wildman–Crippen LogP) is 6.28. The van der Waals surface area contributed by atoms with Crippen molar-refractivity contribution in [1.82, 2.24) is 9.88 Å². The first-order chi connectivity index (χ1) is 15.8. The van der Waals surface area contributed by atoms with Gasteiger partial charge in [-0.15, -0.1) is 11.3 Å². The van der Waals surface area contributed by atoms with Crippen molar-refractivity contribution in [2.75, 3.05) is 13.6 Å². The maximum atomic E-state index is 10.9. The quantitative estimate of drug-likeness (QED) is 0.358. The molecule has 0 aliphatic heterocycles. The van der Waals surface area contributed by atoms with Crippen LogP contribution < -0.4 is 4.74 Å². The highest BCUT2D eigenvalue weighted by atomic mass is 32.1. The van der Waals surface area contributed by atoms with Crippen molar-refractivity contribution in [2.45, 2.75) is 46.3 Å². The van der Waals surface area contributed by atoms with Crippen LogP contribution in [-0.2, 0) is 17.8 Å². The smallest absolute Gasteiger partial charge is 0.304 e. The molecule has 0 fully saturated rings. The van der Waals surface area contributed by atoms with Crippen molar-refractivity contribution in [3.05, 3.63) is 65.1 Å². The molecule has 1 N–H and O–H groups in total. The molecule has 0 spiro atoms. The first kappa shape index (κ1) is 24.4. The highest BCUT2D eigenvalue weighted by Crippen LogP contribution is 2.38. The standard InChI is InChI=1S/C26H29N3O3S/c1-6-20-19(16-29(5)13-12-25(30)31)8-7-9-21(20)24-15-28-26(33-24)18-10-11-23(32-17(2)3)22(14-18)27-4/h7-11,14-15,17H,6,12-13,16H2,1-3,5H3,(H,30,31). The fourth-order valence-corrected chi connectivity index (χ4v) is 4.68. The number of rotatable bonds is 10. The number of benzene rings is 2. The van der Waals surface area contributed by atoms with E-state index in [-0.39, 0.29) is 12.5 Å². The Hall–Kier alpha value is -3.21. The van der Waals surface area contributed by atoms with Crippen LogP contribution in [0.25, 0.3) is 25.9 Å². The van der Waals surface area contributed by atoms with Crippen LogP contribution in [0.3, 0.4) is 0 Å². The molecule has 7 heteroatoms. The van der Waals surface area contributed by atoms with Crippen LogP contribution in [0.15, 0.2) is 42.6 Å². The van der Waals surface area contributed by atoms with Crippen LogP contribution in [0, 0.1) is 6.57 Å². The summed E-state index contributed by atoms with van der Waals surface area (Å²) in [6.07, 6.45) is 2.89. The minimum Gasteiger partial charge on any atom is -0.502 e. The third-order valence-corrected chi connectivity index (χ3v) is 6.31. The van der Waals surface area contributed by atoms with Gasteiger partial charge in [-0.3, -0.25) is 4.79 Å². The number of hydrogen-bond donors (Lipinski definition) is 1. The van der Waals surface area contributed by atoms with Gasteiger partial charge in [-0.05, 0) is 56.1 Å². The first-order valence-electron chi connectivity index (χ1n) is 11.0. The van der Waals surface area contributed by atoms with E-state index in [4.69, 9.17) is 16.4 Å². The second-order valence-electron chi connectivity index (χ2n) is 8.17. The van der Waals surface area contributed by atoms with E-state index in [0.717, 1.165) is 27.4 Å². The molecule has 0 saturated carbocycles. The lowest BCUT2D eigenvalue weighted by atomic mass is 9.97. The molecule has 3 rings (SSSR count). The Bertz CT molecular complexity index is 1160. The highest BCUT2D eigenvalue weighted by molar-refractivity contribution is 7.18. The number of ether oxygens (including phenoxy) is 1. The van der Waals surface area contributed by atoms with Crippen molar-refractivity contribution in [3.63, 3.8) is 0 Å². The van der Waals surface area contributed by atoms with Crippen LogP contribution in [0.1, 0.15) is 38.3 Å². The van der Waals surface area contributed by atoms with Crippen LogP contribution in [0.2, 0.25) is 0 Å². The van der Waals surface area contributed by atoms with E-state index in [1.165, 1.54) is 11.1 Å². The summed E-state index contributed by atoms with van der Waals surface area (Å²) >= 11 is 1.60. The van der Waals surface area contributed by atoms with Crippen molar-refractivity contribution in [3.8, 4) is 26.8 Å². The molecule has 6 nitrogen and oxygen atoms in total. The Morgan fingerprint density at radius 1 is 1.30 bits per heavy atom. The lowest BCUT2D eigenvalue weighted by Gasteiger charge is -2.19. The largest absolute Gasteiger partial charge is 0.502 e. The normalized spacial score (nSPS) is 11.1. The van der Waals surface area contributed by atoms with Crippen molar-refractivity contribution in [2.24, 2.45) is 0 Å². The van der Waals surface area contributed by atoms with Gasteiger partial charge in [0.25, 0.3) is 0 Å². The van der Waals surface area contributed by atoms with Gasteiger partial charge in [0.2, 0.25) is 5.69 Å². The Morgan fingerprint density at radius 3 is 2.76 bits per heavy atom. The monoisotopic (exact) mass is 463 g/mol. The van der Waals surface area contributed by atoms with Crippen LogP contribution in [-0.4, -0.2) is 40.7 Å². The molecule has 3 aromatic rings. The van der Waals surface area contributed by atoms with Gasteiger partial charge in [0.05, 0.1) is 24.0 Å². The number of hydrogen-bond acceptors (Lipinski definition) is 5. The van der Waals surface area contributed by atoms with Gasteiger partial charge in [-0.25, -0.2) is 9.83 Å². The Kier molecular flexibility index (Phi) is 8.21. The molecule has 33 heavy (non-hydrogen) atoms. The minimum absolute atomic E-state index is 0.00530. The summed E-state index contributed by atoms with van der Waals surface area (Å²) in [7, 11) is 1.95. The van der Waals surface area contributed by atoms with E-state index >= 15 is 0 Å². The first-order valence-corrected chi connectivity index (χ1v) is 11.8. The number of carbonyl (C=O) groups is 1. The lowest BCUT2D eigenvalue weighted by molar-refractivity contribution is -0.137. The second-order valence-corrected chi connectivity index (χ2v) is 9.20. The number of aromatic nitrogens is 1. The summed E-state index contributed by atoms with van der Waals surface area (Å²) in [5.74, 6) is -0.192. The highest BCUT2D eigenvalue weighted by Gasteiger charge is 2.15. The molecule has 1 heterocycles. The van der Waals surface area contributed by atoms with Gasteiger partial charge in [-0.1, -0.05) is 31.2 Å². The molecule has 1 aromatic heterocycles. The molecule has 172 valence electrons. The summed E-state index contributed by atoms with van der Waals surface area (Å²) in [4.78, 5) is 22.3. The van der Waals surface area contributed by atoms with Gasteiger partial charge in [0, 0.05) is 24.8 Å². The number of carboxylic acids is 1. The zero-order chi connectivity index (χ0) is 24.0. The molecule has 0 aliphatic rings. The van der Waals surface area contributed by atoms with E-state index in [9.17, 15) is 4.79 Å². The maximum absolute atomic E-state index is 10.9. The third kappa shape index (κ3) is 6.19. The summed E-state index contributed by atoms with van der Waals surface area (Å²) in [5.41, 5.74) is 4.98. The molecule has 0 saturated heterocycles. The molecule has 0 bridgehead atoms. The topological polar surface area (TPSA) is 67.0 Å². The molecular weight excluding hydrogens is 434 g/mol. The molecule has 0 aliphatic carbocycles. The lowest BCUT2D eigenvalue weighted by Crippen LogP contribution is -2.22. The number of thiazole rings is 1. The molecule has 0 atom stereocenters. The van der Waals surface area contributed by atoms with E-state index in [1.807, 2.05) is 56.3 Å². The van der Waals surface area contributed by atoms with Crippen LogP contribution in [0.5, 0.6) is 5.75 Å². The summed E-state index contributed by atoms with van der Waals surface area (Å²) in [5, 5.41) is 9.81. The molecular formula is C26H29N3O3S. The van der Waals surface area contributed by atoms with E-state index < -0.39 is 5.97 Å². The molecule has 2 aromatic carbocycles. The van der Waals surface area contributed by atoms with Crippen molar-refractivity contribution < 1.29 is 14.6 Å². The van der Waals surface area contributed by atoms with Gasteiger partial charge in [-0.2, -0.15) is 0 Å². The average Bonchev–Trinajstić information content (AvgIpc) is 3.27. The number of nitrogens with zero attached hydrogens (tertiary/aromatic N) is 3. The molecule has 0 unspecified atom stereocenters. The number of aliphatic carboxylic acids is 1. The van der Waals surface area contributed by atoms with Crippen molar-refractivity contribution in [1.29, 1.82) is 0 Å².